The van der Waals surface area contributed by atoms with Crippen molar-refractivity contribution in [1.82, 2.24) is 5.32 Å². The number of carbonyl (C=O) groups excluding carboxylic acids is 2. The molecular formula is C40H59F3N2O16. The van der Waals surface area contributed by atoms with Crippen LogP contribution in [0, 0.1) is 0 Å². The van der Waals surface area contributed by atoms with Crippen LogP contribution in [0.3, 0.4) is 0 Å². The molecule has 61 heavy (non-hydrogen) atoms. The summed E-state index contributed by atoms with van der Waals surface area (Å²) in [5, 5.41) is 13.8. The Morgan fingerprint density at radius 2 is 0.934 bits per heavy atom. The lowest BCUT2D eigenvalue weighted by Crippen LogP contribution is -2.31. The molecule has 0 fully saturated rings. The SMILES string of the molecule is O=C(O)COCC(=O)NCCOCCOCCOCCOCCOCCOCCOCCOCCOCCOCCOC(=O)c1ccccc1Nc1cccc(C(F)(F)F)c1. The van der Waals surface area contributed by atoms with Crippen molar-refractivity contribution in [2.24, 2.45) is 0 Å². The van der Waals surface area contributed by atoms with Crippen molar-refractivity contribution in [3.63, 3.8) is 0 Å². The number of para-hydroxylation sites is 1. The van der Waals surface area contributed by atoms with Gasteiger partial charge in [0.1, 0.15) is 19.8 Å². The number of carboxylic acid groups (broad SMARTS) is 1. The minimum Gasteiger partial charge on any atom is -0.480 e. The summed E-state index contributed by atoms with van der Waals surface area (Å²) in [6.07, 6.45) is -4.49. The zero-order valence-electron chi connectivity index (χ0n) is 34.3. The normalized spacial score (nSPS) is 11.5. The van der Waals surface area contributed by atoms with Gasteiger partial charge in [-0.3, -0.25) is 4.79 Å². The Morgan fingerprint density at radius 1 is 0.508 bits per heavy atom. The van der Waals surface area contributed by atoms with Crippen LogP contribution in [0.4, 0.5) is 24.5 Å². The average Bonchev–Trinajstić information content (AvgIpc) is 3.23. The van der Waals surface area contributed by atoms with E-state index in [1.807, 2.05) is 0 Å². The number of carbonyl (C=O) groups is 3. The Bertz CT molecular complexity index is 1440. The number of anilines is 2. The van der Waals surface area contributed by atoms with E-state index in [4.69, 9.17) is 57.2 Å². The number of aliphatic carboxylic acids is 1. The number of hydrogen-bond acceptors (Lipinski definition) is 16. The molecule has 2 aromatic carbocycles. The number of esters is 1. The maximum Gasteiger partial charge on any atom is 0.416 e. The average molecular weight is 881 g/mol. The van der Waals surface area contributed by atoms with Crippen LogP contribution >= 0.6 is 0 Å². The third kappa shape index (κ3) is 29.8. The van der Waals surface area contributed by atoms with Gasteiger partial charge in [0.05, 0.1) is 149 Å². The first kappa shape index (κ1) is 53.1. The largest absolute Gasteiger partial charge is 0.480 e. The Labute approximate surface area is 353 Å². The van der Waals surface area contributed by atoms with Crippen molar-refractivity contribution < 1.29 is 89.5 Å². The lowest BCUT2D eigenvalue weighted by atomic mass is 10.1. The minimum atomic E-state index is -4.49. The molecule has 0 bridgehead atoms. The number of ether oxygens (including phenoxy) is 12. The van der Waals surface area contributed by atoms with Gasteiger partial charge < -0.3 is 72.6 Å². The van der Waals surface area contributed by atoms with Crippen molar-refractivity contribution in [2.75, 3.05) is 164 Å². The predicted molar refractivity (Wildman–Crippen MR) is 211 cm³/mol. The Morgan fingerprint density at radius 3 is 1.38 bits per heavy atom. The molecule has 0 heterocycles. The number of hydrogen-bond donors (Lipinski definition) is 3. The van der Waals surface area contributed by atoms with E-state index in [1.165, 1.54) is 18.2 Å². The van der Waals surface area contributed by atoms with Crippen LogP contribution < -0.4 is 10.6 Å². The van der Waals surface area contributed by atoms with Crippen molar-refractivity contribution in [1.29, 1.82) is 0 Å². The third-order valence-electron chi connectivity index (χ3n) is 7.45. The number of alkyl halides is 3. The molecule has 0 saturated heterocycles. The molecule has 0 saturated carbocycles. The number of carboxylic acids is 1. The van der Waals surface area contributed by atoms with Gasteiger partial charge in [-0.1, -0.05) is 18.2 Å². The van der Waals surface area contributed by atoms with Gasteiger partial charge in [-0.2, -0.15) is 13.2 Å². The third-order valence-corrected chi connectivity index (χ3v) is 7.45. The van der Waals surface area contributed by atoms with E-state index >= 15 is 0 Å². The molecule has 0 atom stereocenters. The molecular weight excluding hydrogens is 821 g/mol. The number of halogens is 3. The lowest BCUT2D eigenvalue weighted by molar-refractivity contribution is -0.143. The summed E-state index contributed by atoms with van der Waals surface area (Å²) < 4.78 is 103. The van der Waals surface area contributed by atoms with Gasteiger partial charge in [0.2, 0.25) is 5.91 Å². The van der Waals surface area contributed by atoms with E-state index in [1.54, 1.807) is 18.2 Å². The second kappa shape index (κ2) is 35.6. The minimum absolute atomic E-state index is 0.0142. The molecule has 0 spiro atoms. The molecule has 0 aliphatic rings. The standard InChI is InChI=1S/C40H59F3N2O16/c41-40(42,43)33-4-3-5-34(30-33)45-36-7-2-1-6-35(36)39(49)61-29-28-59-27-26-58-25-24-57-23-22-56-21-20-55-19-18-54-17-16-53-15-14-52-13-12-51-11-10-50-9-8-44-37(46)31-60-32-38(47)48/h1-7,30,45H,8-29,31-32H2,(H,44,46)(H,47,48). The van der Waals surface area contributed by atoms with Crippen LogP contribution in [0.15, 0.2) is 48.5 Å². The van der Waals surface area contributed by atoms with E-state index in [9.17, 15) is 27.6 Å². The number of nitrogens with one attached hydrogen (secondary N) is 2. The van der Waals surface area contributed by atoms with E-state index in [0.717, 1.165) is 12.1 Å². The fraction of sp³-hybridized carbons (Fsp3) is 0.625. The first-order chi connectivity index (χ1) is 29.7. The molecule has 3 N–H and O–H groups in total. The molecule has 0 unspecified atom stereocenters. The summed E-state index contributed by atoms with van der Waals surface area (Å²) >= 11 is 0. The van der Waals surface area contributed by atoms with Crippen LogP contribution in [0.1, 0.15) is 15.9 Å². The molecule has 18 nitrogen and oxygen atoms in total. The number of rotatable bonds is 40. The first-order valence-corrected chi connectivity index (χ1v) is 19.7. The zero-order chi connectivity index (χ0) is 44.1. The van der Waals surface area contributed by atoms with E-state index in [-0.39, 0.29) is 44.2 Å². The van der Waals surface area contributed by atoms with Gasteiger partial charge in [0.15, 0.2) is 0 Å². The van der Waals surface area contributed by atoms with Gasteiger partial charge >= 0.3 is 18.1 Å². The summed E-state index contributed by atoms with van der Waals surface area (Å²) in [5.41, 5.74) is -0.127. The molecule has 2 aromatic rings. The van der Waals surface area contributed by atoms with E-state index < -0.39 is 36.2 Å². The highest BCUT2D eigenvalue weighted by Crippen LogP contribution is 2.32. The van der Waals surface area contributed by atoms with Gasteiger partial charge in [-0.15, -0.1) is 0 Å². The summed E-state index contributed by atoms with van der Waals surface area (Å²) in [4.78, 5) is 34.3. The van der Waals surface area contributed by atoms with Crippen LogP contribution in [-0.2, 0) is 72.6 Å². The number of amides is 1. The Hall–Kier alpha value is -4.00. The van der Waals surface area contributed by atoms with Gasteiger partial charge in [0, 0.05) is 12.2 Å². The highest BCUT2D eigenvalue weighted by atomic mass is 19.4. The molecule has 346 valence electrons. The van der Waals surface area contributed by atoms with E-state index in [2.05, 4.69) is 15.4 Å². The van der Waals surface area contributed by atoms with Crippen molar-refractivity contribution in [2.45, 2.75) is 6.18 Å². The maximum absolute atomic E-state index is 13.1. The van der Waals surface area contributed by atoms with Crippen molar-refractivity contribution >= 4 is 29.2 Å². The highest BCUT2D eigenvalue weighted by Gasteiger charge is 2.30. The fourth-order valence-electron chi connectivity index (χ4n) is 4.60. The van der Waals surface area contributed by atoms with E-state index in [0.29, 0.717) is 125 Å². The summed E-state index contributed by atoms with van der Waals surface area (Å²) in [7, 11) is 0. The molecule has 1 amide bonds. The second-order valence-corrected chi connectivity index (χ2v) is 12.2. The van der Waals surface area contributed by atoms with Crippen LogP contribution in [0.5, 0.6) is 0 Å². The smallest absolute Gasteiger partial charge is 0.416 e. The molecule has 0 aromatic heterocycles. The van der Waals surface area contributed by atoms with Crippen LogP contribution in [0.25, 0.3) is 0 Å². The van der Waals surface area contributed by atoms with Crippen molar-refractivity contribution in [3.05, 3.63) is 59.7 Å². The monoisotopic (exact) mass is 880 g/mol. The zero-order valence-corrected chi connectivity index (χ0v) is 34.3. The summed E-state index contributed by atoms with van der Waals surface area (Å²) in [6.45, 7) is 7.08. The fourth-order valence-corrected chi connectivity index (χ4v) is 4.60. The quantitative estimate of drug-likeness (QED) is 0.0650. The number of benzene rings is 2. The molecule has 0 aliphatic carbocycles. The van der Waals surface area contributed by atoms with Crippen LogP contribution in [-0.4, -0.2) is 181 Å². The topological polar surface area (TPSA) is 206 Å². The Kier molecular flexibility index (Phi) is 31.0. The molecule has 2 rings (SSSR count). The Balaban J connectivity index is 1.25. The van der Waals surface area contributed by atoms with Gasteiger partial charge in [0.25, 0.3) is 0 Å². The first-order valence-electron chi connectivity index (χ1n) is 19.7. The van der Waals surface area contributed by atoms with Gasteiger partial charge in [-0.25, -0.2) is 9.59 Å². The highest BCUT2D eigenvalue weighted by molar-refractivity contribution is 5.96. The van der Waals surface area contributed by atoms with Gasteiger partial charge in [-0.05, 0) is 30.3 Å². The molecule has 21 heteroatoms. The second-order valence-electron chi connectivity index (χ2n) is 12.2. The summed E-state index contributed by atoms with van der Waals surface area (Å²) in [6, 6.07) is 11.1. The van der Waals surface area contributed by atoms with Crippen LogP contribution in [0.2, 0.25) is 0 Å². The lowest BCUT2D eigenvalue weighted by Gasteiger charge is -2.13. The molecule has 0 aliphatic heterocycles. The summed E-state index contributed by atoms with van der Waals surface area (Å²) in [5.74, 6) is -2.19. The predicted octanol–water partition coefficient (Wildman–Crippen LogP) is 2.99. The molecule has 0 radical (unpaired) electrons. The maximum atomic E-state index is 13.1. The van der Waals surface area contributed by atoms with Crippen molar-refractivity contribution in [3.8, 4) is 0 Å².